The first-order valence-corrected chi connectivity index (χ1v) is 5.21. The lowest BCUT2D eigenvalue weighted by atomic mass is 10.2. The number of rotatable bonds is 4. The summed E-state index contributed by atoms with van der Waals surface area (Å²) in [4.78, 5) is 33.2. The molecule has 0 saturated heterocycles. The summed E-state index contributed by atoms with van der Waals surface area (Å²) in [5, 5.41) is 17.0. The Morgan fingerprint density at radius 1 is 1.37 bits per heavy atom. The SMILES string of the molecule is O=C(Cc1occc1C(=O)O)Nc1ccc(=O)[nH]n1. The topological polar surface area (TPSA) is 125 Å². The highest BCUT2D eigenvalue weighted by Gasteiger charge is 2.16. The molecule has 8 nitrogen and oxygen atoms in total. The molecule has 0 bridgehead atoms. The molecule has 2 rings (SSSR count). The minimum absolute atomic E-state index is 0.0504. The van der Waals surface area contributed by atoms with Gasteiger partial charge in [0.1, 0.15) is 11.3 Å². The third kappa shape index (κ3) is 3.06. The van der Waals surface area contributed by atoms with Gasteiger partial charge in [-0.3, -0.25) is 9.59 Å². The van der Waals surface area contributed by atoms with Crippen molar-refractivity contribution in [2.24, 2.45) is 0 Å². The number of hydrogen-bond donors (Lipinski definition) is 3. The maximum Gasteiger partial charge on any atom is 0.339 e. The molecule has 0 unspecified atom stereocenters. The van der Waals surface area contributed by atoms with Gasteiger partial charge in [0, 0.05) is 6.07 Å². The number of anilines is 1. The van der Waals surface area contributed by atoms with Crippen molar-refractivity contribution in [3.8, 4) is 0 Å². The molecule has 98 valence electrons. The molecule has 1 amide bonds. The third-order valence-electron chi connectivity index (χ3n) is 2.24. The predicted molar refractivity (Wildman–Crippen MR) is 62.9 cm³/mol. The molecular formula is C11H9N3O5. The molecule has 2 heterocycles. The normalized spacial score (nSPS) is 10.1. The Balaban J connectivity index is 2.05. The summed E-state index contributed by atoms with van der Waals surface area (Å²) in [5.74, 6) is -1.46. The van der Waals surface area contributed by atoms with Gasteiger partial charge in [-0.2, -0.15) is 5.10 Å². The highest BCUT2D eigenvalue weighted by atomic mass is 16.4. The molecule has 0 radical (unpaired) electrons. The smallest absolute Gasteiger partial charge is 0.339 e. The number of aromatic amines is 1. The fraction of sp³-hybridized carbons (Fsp3) is 0.0909. The maximum atomic E-state index is 11.6. The van der Waals surface area contributed by atoms with E-state index in [0.717, 1.165) is 0 Å². The number of carbonyl (C=O) groups excluding carboxylic acids is 1. The van der Waals surface area contributed by atoms with Crippen LogP contribution in [-0.2, 0) is 11.2 Å². The number of amides is 1. The van der Waals surface area contributed by atoms with E-state index in [0.29, 0.717) is 0 Å². The van der Waals surface area contributed by atoms with E-state index in [4.69, 9.17) is 9.52 Å². The lowest BCUT2D eigenvalue weighted by Crippen LogP contribution is -2.18. The lowest BCUT2D eigenvalue weighted by Gasteiger charge is -2.02. The quantitative estimate of drug-likeness (QED) is 0.725. The van der Waals surface area contributed by atoms with Crippen molar-refractivity contribution in [1.82, 2.24) is 10.2 Å². The van der Waals surface area contributed by atoms with E-state index in [2.05, 4.69) is 15.5 Å². The van der Waals surface area contributed by atoms with Crippen LogP contribution in [0.2, 0.25) is 0 Å². The van der Waals surface area contributed by atoms with E-state index >= 15 is 0 Å². The van der Waals surface area contributed by atoms with Gasteiger partial charge in [-0.15, -0.1) is 0 Å². The molecule has 0 fully saturated rings. The molecule has 2 aromatic heterocycles. The summed E-state index contributed by atoms with van der Waals surface area (Å²) in [6.45, 7) is 0. The van der Waals surface area contributed by atoms with Crippen molar-refractivity contribution < 1.29 is 19.1 Å². The highest BCUT2D eigenvalue weighted by molar-refractivity contribution is 5.94. The number of nitrogens with one attached hydrogen (secondary N) is 2. The number of hydrogen-bond acceptors (Lipinski definition) is 5. The number of nitrogens with zero attached hydrogens (tertiary/aromatic N) is 1. The van der Waals surface area contributed by atoms with Crippen LogP contribution in [0.25, 0.3) is 0 Å². The van der Waals surface area contributed by atoms with Crippen LogP contribution in [0.3, 0.4) is 0 Å². The van der Waals surface area contributed by atoms with Crippen molar-refractivity contribution >= 4 is 17.7 Å². The molecule has 0 spiro atoms. The van der Waals surface area contributed by atoms with Gasteiger partial charge in [0.25, 0.3) is 5.56 Å². The number of H-pyrrole nitrogens is 1. The number of aromatic carboxylic acids is 1. The van der Waals surface area contributed by atoms with Crippen LogP contribution in [0.5, 0.6) is 0 Å². The zero-order valence-electron chi connectivity index (χ0n) is 9.54. The van der Waals surface area contributed by atoms with Gasteiger partial charge >= 0.3 is 5.97 Å². The van der Waals surface area contributed by atoms with Crippen molar-refractivity contribution in [2.75, 3.05) is 5.32 Å². The number of furan rings is 1. The molecule has 19 heavy (non-hydrogen) atoms. The first-order valence-electron chi connectivity index (χ1n) is 5.21. The van der Waals surface area contributed by atoms with Crippen LogP contribution in [0.1, 0.15) is 16.1 Å². The Bertz CT molecular complexity index is 652. The van der Waals surface area contributed by atoms with Crippen LogP contribution in [-0.4, -0.2) is 27.2 Å². The third-order valence-corrected chi connectivity index (χ3v) is 2.24. The fourth-order valence-electron chi connectivity index (χ4n) is 1.42. The monoisotopic (exact) mass is 263 g/mol. The second-order valence-corrected chi connectivity index (χ2v) is 3.59. The standard InChI is InChI=1S/C11H9N3O5/c15-9-2-1-8(13-14-9)12-10(16)5-7-6(11(17)18)3-4-19-7/h1-4H,5H2,(H,14,15)(H,17,18)(H,12,13,16). The Hall–Kier alpha value is -2.90. The van der Waals surface area contributed by atoms with Crippen LogP contribution in [0.4, 0.5) is 5.82 Å². The van der Waals surface area contributed by atoms with E-state index in [1.54, 1.807) is 0 Å². The summed E-state index contributed by atoms with van der Waals surface area (Å²) in [5.41, 5.74) is -0.457. The highest BCUT2D eigenvalue weighted by Crippen LogP contribution is 2.12. The van der Waals surface area contributed by atoms with Crippen LogP contribution in [0, 0.1) is 0 Å². The second-order valence-electron chi connectivity index (χ2n) is 3.59. The Labute approximate surface area is 106 Å². The fourth-order valence-corrected chi connectivity index (χ4v) is 1.42. The van der Waals surface area contributed by atoms with Gasteiger partial charge in [-0.05, 0) is 12.1 Å². The maximum absolute atomic E-state index is 11.6. The summed E-state index contributed by atoms with van der Waals surface area (Å²) in [6, 6.07) is 3.80. The molecule has 0 aliphatic carbocycles. The van der Waals surface area contributed by atoms with Gasteiger partial charge in [0.2, 0.25) is 5.91 Å². The molecular weight excluding hydrogens is 254 g/mol. The first kappa shape index (κ1) is 12.6. The van der Waals surface area contributed by atoms with E-state index in [-0.39, 0.29) is 23.6 Å². The molecule has 3 N–H and O–H groups in total. The number of carbonyl (C=O) groups is 2. The molecule has 0 aromatic carbocycles. The van der Waals surface area contributed by atoms with Crippen molar-refractivity contribution in [2.45, 2.75) is 6.42 Å². The lowest BCUT2D eigenvalue weighted by molar-refractivity contribution is -0.115. The first-order chi connectivity index (χ1) is 9.06. The largest absolute Gasteiger partial charge is 0.478 e. The number of carboxylic acid groups (broad SMARTS) is 1. The molecule has 0 aliphatic heterocycles. The minimum Gasteiger partial charge on any atom is -0.478 e. The summed E-state index contributed by atoms with van der Waals surface area (Å²) in [6.07, 6.45) is 0.958. The van der Waals surface area contributed by atoms with Gasteiger partial charge in [-0.1, -0.05) is 0 Å². The van der Waals surface area contributed by atoms with Crippen LogP contribution in [0.15, 0.2) is 33.7 Å². The van der Waals surface area contributed by atoms with E-state index in [9.17, 15) is 14.4 Å². The van der Waals surface area contributed by atoms with Gasteiger partial charge in [0.05, 0.1) is 12.7 Å². The van der Waals surface area contributed by atoms with Crippen molar-refractivity contribution in [1.29, 1.82) is 0 Å². The Kier molecular flexibility index (Phi) is 3.42. The van der Waals surface area contributed by atoms with Gasteiger partial charge in [-0.25, -0.2) is 9.89 Å². The van der Waals surface area contributed by atoms with Crippen LogP contribution >= 0.6 is 0 Å². The molecule has 0 saturated carbocycles. The number of carboxylic acids is 1. The molecule has 8 heteroatoms. The van der Waals surface area contributed by atoms with Gasteiger partial charge < -0.3 is 14.8 Å². The summed E-state index contributed by atoms with van der Waals surface area (Å²) >= 11 is 0. The zero-order chi connectivity index (χ0) is 13.8. The van der Waals surface area contributed by atoms with E-state index in [1.807, 2.05) is 0 Å². The Morgan fingerprint density at radius 2 is 2.16 bits per heavy atom. The summed E-state index contributed by atoms with van der Waals surface area (Å²) in [7, 11) is 0. The summed E-state index contributed by atoms with van der Waals surface area (Å²) < 4.78 is 4.93. The van der Waals surface area contributed by atoms with E-state index < -0.39 is 17.4 Å². The average molecular weight is 263 g/mol. The van der Waals surface area contributed by atoms with E-state index in [1.165, 1.54) is 24.5 Å². The zero-order valence-corrected chi connectivity index (χ0v) is 9.54. The number of aromatic nitrogens is 2. The van der Waals surface area contributed by atoms with Gasteiger partial charge in [0.15, 0.2) is 5.82 Å². The predicted octanol–water partition coefficient (Wildman–Crippen LogP) is 0.242. The van der Waals surface area contributed by atoms with Crippen molar-refractivity contribution in [3.63, 3.8) is 0 Å². The van der Waals surface area contributed by atoms with Crippen molar-refractivity contribution in [3.05, 3.63) is 46.1 Å². The Morgan fingerprint density at radius 3 is 2.79 bits per heavy atom. The second kappa shape index (κ2) is 5.17. The minimum atomic E-state index is -1.17. The molecule has 0 aliphatic rings. The molecule has 0 atom stereocenters. The average Bonchev–Trinajstić information content (AvgIpc) is 2.80. The van der Waals surface area contributed by atoms with Crippen LogP contribution < -0.4 is 10.9 Å². The molecule has 2 aromatic rings.